The Morgan fingerprint density at radius 2 is 2.16 bits per heavy atom. The second kappa shape index (κ2) is 5.22. The Balaban J connectivity index is 1.69. The monoisotopic (exact) mass is 259 g/mol. The number of nitrogens with one attached hydrogen (secondary N) is 1. The fourth-order valence-corrected chi connectivity index (χ4v) is 3.52. The zero-order valence-electron chi connectivity index (χ0n) is 12.2. The maximum atomic E-state index is 4.42. The molecule has 3 heteroatoms. The van der Waals surface area contributed by atoms with E-state index in [0.717, 1.165) is 18.8 Å². The van der Waals surface area contributed by atoms with Gasteiger partial charge in [0.1, 0.15) is 0 Å². The molecular weight excluding hydrogens is 234 g/mol. The summed E-state index contributed by atoms with van der Waals surface area (Å²) in [5.41, 5.74) is 2.85. The minimum atomic E-state index is 0.407. The first-order valence-electron chi connectivity index (χ1n) is 7.58. The summed E-state index contributed by atoms with van der Waals surface area (Å²) in [6.45, 7) is 7.74. The van der Waals surface area contributed by atoms with Crippen LogP contribution in [0.15, 0.2) is 18.3 Å². The van der Waals surface area contributed by atoms with Crippen LogP contribution in [0.3, 0.4) is 0 Å². The van der Waals surface area contributed by atoms with Gasteiger partial charge in [-0.3, -0.25) is 9.88 Å². The Bertz CT molecular complexity index is 420. The number of rotatable bonds is 2. The van der Waals surface area contributed by atoms with E-state index < -0.39 is 0 Å². The van der Waals surface area contributed by atoms with Crippen molar-refractivity contribution in [3.63, 3.8) is 0 Å². The summed E-state index contributed by atoms with van der Waals surface area (Å²) in [6.07, 6.45) is 7.51. The van der Waals surface area contributed by atoms with Crippen LogP contribution in [0.5, 0.6) is 0 Å². The fourth-order valence-electron chi connectivity index (χ4n) is 3.52. The quantitative estimate of drug-likeness (QED) is 0.884. The van der Waals surface area contributed by atoms with Crippen LogP contribution in [0.4, 0.5) is 0 Å². The van der Waals surface area contributed by atoms with E-state index in [4.69, 9.17) is 0 Å². The zero-order chi connectivity index (χ0) is 13.3. The van der Waals surface area contributed by atoms with Crippen molar-refractivity contribution in [3.05, 3.63) is 29.6 Å². The number of aromatic nitrogens is 1. The van der Waals surface area contributed by atoms with Crippen molar-refractivity contribution >= 4 is 0 Å². The second-order valence-corrected chi connectivity index (χ2v) is 6.43. The topological polar surface area (TPSA) is 28.2 Å². The highest BCUT2D eigenvalue weighted by atomic mass is 15.2. The van der Waals surface area contributed by atoms with Gasteiger partial charge in [-0.25, -0.2) is 0 Å². The zero-order valence-corrected chi connectivity index (χ0v) is 12.2. The van der Waals surface area contributed by atoms with Gasteiger partial charge in [0.05, 0.1) is 0 Å². The Morgan fingerprint density at radius 3 is 2.84 bits per heavy atom. The highest BCUT2D eigenvalue weighted by Crippen LogP contribution is 2.33. The van der Waals surface area contributed by atoms with E-state index >= 15 is 0 Å². The van der Waals surface area contributed by atoms with Crippen molar-refractivity contribution in [1.82, 2.24) is 15.2 Å². The average Bonchev–Trinajstić information content (AvgIpc) is 2.85. The lowest BCUT2D eigenvalue weighted by molar-refractivity contribution is 0.0826. The molecule has 1 aliphatic carbocycles. The minimum Gasteiger partial charge on any atom is -0.308 e. The van der Waals surface area contributed by atoms with Gasteiger partial charge in [-0.15, -0.1) is 0 Å². The van der Waals surface area contributed by atoms with Crippen molar-refractivity contribution in [1.29, 1.82) is 0 Å². The Hall–Kier alpha value is -0.930. The molecule has 1 aromatic heterocycles. The number of hydrogen-bond acceptors (Lipinski definition) is 3. The number of hydrogen-bond donors (Lipinski definition) is 1. The van der Waals surface area contributed by atoms with E-state index in [9.17, 15) is 0 Å². The molecule has 1 unspecified atom stereocenters. The third-order valence-corrected chi connectivity index (χ3v) is 4.82. The van der Waals surface area contributed by atoms with Crippen LogP contribution < -0.4 is 5.32 Å². The minimum absolute atomic E-state index is 0.407. The molecule has 2 aliphatic rings. The molecule has 3 nitrogen and oxygen atoms in total. The van der Waals surface area contributed by atoms with Gasteiger partial charge in [-0.2, -0.15) is 0 Å². The van der Waals surface area contributed by atoms with Crippen LogP contribution in [0, 0.1) is 6.92 Å². The standard InChI is InChI=1S/C16H25N3/c1-13-5-6-15(10-17-13)11-19-12-16(7-3-4-8-16)18-9-14(19)2/h5-6,10,14,18H,3-4,7-9,11-12H2,1-2H3. The molecule has 0 amide bonds. The molecule has 1 aliphatic heterocycles. The molecule has 1 atom stereocenters. The average molecular weight is 259 g/mol. The smallest absolute Gasteiger partial charge is 0.0372 e. The molecule has 1 saturated carbocycles. The predicted octanol–water partition coefficient (Wildman–Crippen LogP) is 2.50. The van der Waals surface area contributed by atoms with Crippen molar-refractivity contribution in [2.75, 3.05) is 13.1 Å². The molecule has 2 heterocycles. The van der Waals surface area contributed by atoms with E-state index in [1.807, 2.05) is 13.1 Å². The van der Waals surface area contributed by atoms with Crippen molar-refractivity contribution < 1.29 is 0 Å². The molecule has 0 bridgehead atoms. The largest absolute Gasteiger partial charge is 0.308 e. The van der Waals surface area contributed by atoms with Gasteiger partial charge in [0.25, 0.3) is 0 Å². The fraction of sp³-hybridized carbons (Fsp3) is 0.688. The highest BCUT2D eigenvalue weighted by Gasteiger charge is 2.39. The van der Waals surface area contributed by atoms with E-state index in [2.05, 4.69) is 34.3 Å². The SMILES string of the molecule is Cc1ccc(CN2CC3(CCCC3)NCC2C)cn1. The van der Waals surface area contributed by atoms with Crippen LogP contribution in [0.25, 0.3) is 0 Å². The van der Waals surface area contributed by atoms with E-state index in [0.29, 0.717) is 11.6 Å². The molecule has 1 aromatic rings. The van der Waals surface area contributed by atoms with Gasteiger partial charge in [0.15, 0.2) is 0 Å². The predicted molar refractivity (Wildman–Crippen MR) is 78.0 cm³/mol. The number of nitrogens with zero attached hydrogens (tertiary/aromatic N) is 2. The van der Waals surface area contributed by atoms with Crippen molar-refractivity contribution in [2.45, 2.75) is 57.7 Å². The van der Waals surface area contributed by atoms with Crippen LogP contribution >= 0.6 is 0 Å². The Morgan fingerprint density at radius 1 is 1.37 bits per heavy atom. The van der Waals surface area contributed by atoms with Crippen LogP contribution in [0.2, 0.25) is 0 Å². The summed E-state index contributed by atoms with van der Waals surface area (Å²) in [5, 5.41) is 3.81. The lowest BCUT2D eigenvalue weighted by Gasteiger charge is -2.45. The number of piperazine rings is 1. The van der Waals surface area contributed by atoms with Crippen LogP contribution in [-0.2, 0) is 6.54 Å². The van der Waals surface area contributed by atoms with Gasteiger partial charge in [-0.1, -0.05) is 18.9 Å². The Labute approximate surface area is 116 Å². The first kappa shape index (κ1) is 13.1. The maximum absolute atomic E-state index is 4.42. The Kier molecular flexibility index (Phi) is 3.59. The third-order valence-electron chi connectivity index (χ3n) is 4.82. The van der Waals surface area contributed by atoms with Crippen molar-refractivity contribution in [3.8, 4) is 0 Å². The summed E-state index contributed by atoms with van der Waals surface area (Å²) >= 11 is 0. The third kappa shape index (κ3) is 2.82. The van der Waals surface area contributed by atoms with Crippen LogP contribution in [-0.4, -0.2) is 34.6 Å². The first-order chi connectivity index (χ1) is 9.17. The van der Waals surface area contributed by atoms with Gasteiger partial charge in [-0.05, 0) is 38.3 Å². The van der Waals surface area contributed by atoms with E-state index in [1.165, 1.54) is 37.8 Å². The number of aryl methyl sites for hydroxylation is 1. The van der Waals surface area contributed by atoms with Gasteiger partial charge >= 0.3 is 0 Å². The molecule has 1 spiro atoms. The summed E-state index contributed by atoms with van der Waals surface area (Å²) in [7, 11) is 0. The molecule has 19 heavy (non-hydrogen) atoms. The lowest BCUT2D eigenvalue weighted by atomic mass is 9.92. The highest BCUT2D eigenvalue weighted by molar-refractivity contribution is 5.14. The van der Waals surface area contributed by atoms with Crippen molar-refractivity contribution in [2.24, 2.45) is 0 Å². The first-order valence-corrected chi connectivity index (χ1v) is 7.58. The summed E-state index contributed by atoms with van der Waals surface area (Å²) in [5.74, 6) is 0. The van der Waals surface area contributed by atoms with Crippen LogP contribution in [0.1, 0.15) is 43.9 Å². The molecule has 1 saturated heterocycles. The summed E-state index contributed by atoms with van der Waals surface area (Å²) < 4.78 is 0. The van der Waals surface area contributed by atoms with E-state index in [-0.39, 0.29) is 0 Å². The summed E-state index contributed by atoms with van der Waals surface area (Å²) in [4.78, 5) is 7.05. The molecule has 0 radical (unpaired) electrons. The lowest BCUT2D eigenvalue weighted by Crippen LogP contribution is -2.62. The molecular formula is C16H25N3. The summed E-state index contributed by atoms with van der Waals surface area (Å²) in [6, 6.07) is 4.96. The molecule has 1 N–H and O–H groups in total. The molecule has 104 valence electrons. The number of pyridine rings is 1. The second-order valence-electron chi connectivity index (χ2n) is 6.43. The maximum Gasteiger partial charge on any atom is 0.0372 e. The van der Waals surface area contributed by atoms with Gasteiger partial charge in [0.2, 0.25) is 0 Å². The van der Waals surface area contributed by atoms with Gasteiger partial charge in [0, 0.05) is 43.1 Å². The van der Waals surface area contributed by atoms with E-state index in [1.54, 1.807) is 0 Å². The molecule has 3 rings (SSSR count). The molecule has 0 aromatic carbocycles. The normalized spacial score (nSPS) is 26.9. The molecule has 2 fully saturated rings. The van der Waals surface area contributed by atoms with Gasteiger partial charge < -0.3 is 5.32 Å².